The van der Waals surface area contributed by atoms with Gasteiger partial charge in [-0.2, -0.15) is 4.98 Å². The molecule has 0 spiro atoms. The highest BCUT2D eigenvalue weighted by Gasteiger charge is 2.08. The lowest BCUT2D eigenvalue weighted by Gasteiger charge is -2.13. The summed E-state index contributed by atoms with van der Waals surface area (Å²) in [5.74, 6) is 0.528. The zero-order chi connectivity index (χ0) is 19.8. The molecular formula is C21H22N6O. The Hall–Kier alpha value is -3.71. The molecule has 1 amide bonds. The average molecular weight is 374 g/mol. The van der Waals surface area contributed by atoms with Crippen LogP contribution in [-0.2, 0) is 17.9 Å². The maximum Gasteiger partial charge on any atom is 0.247 e. The molecule has 0 bridgehead atoms. The number of carbonyl (C=O) groups excluding carboxylic acids is 1. The van der Waals surface area contributed by atoms with E-state index in [1.165, 1.54) is 11.6 Å². The van der Waals surface area contributed by atoms with Crippen LogP contribution in [0.5, 0.6) is 0 Å². The minimum Gasteiger partial charge on any atom is -0.368 e. The Morgan fingerprint density at radius 3 is 2.64 bits per heavy atom. The van der Waals surface area contributed by atoms with E-state index >= 15 is 0 Å². The van der Waals surface area contributed by atoms with Gasteiger partial charge in [-0.1, -0.05) is 43.0 Å². The van der Waals surface area contributed by atoms with E-state index in [-0.39, 0.29) is 11.9 Å². The first-order chi connectivity index (χ1) is 13.6. The molecule has 7 nitrogen and oxygen atoms in total. The van der Waals surface area contributed by atoms with Crippen LogP contribution in [-0.4, -0.2) is 15.9 Å². The summed E-state index contributed by atoms with van der Waals surface area (Å²) in [7, 11) is 0. The molecule has 142 valence electrons. The SMILES string of the molecule is C=CC(=O)Nc1cccc(Nc2nc(N)ncc2CNCc2ccccc2)c1. The van der Waals surface area contributed by atoms with E-state index in [1.54, 1.807) is 18.3 Å². The number of amides is 1. The normalized spacial score (nSPS) is 10.3. The number of carbonyl (C=O) groups is 1. The Balaban J connectivity index is 1.71. The molecule has 0 saturated carbocycles. The van der Waals surface area contributed by atoms with Gasteiger partial charge in [-0.3, -0.25) is 4.79 Å². The average Bonchev–Trinajstić information content (AvgIpc) is 2.70. The number of nitrogens with two attached hydrogens (primary N) is 1. The van der Waals surface area contributed by atoms with Gasteiger partial charge in [0.1, 0.15) is 5.82 Å². The number of anilines is 4. The second kappa shape index (κ2) is 9.29. The summed E-state index contributed by atoms with van der Waals surface area (Å²) in [6, 6.07) is 17.4. The number of rotatable bonds is 8. The molecule has 3 rings (SSSR count). The molecule has 1 heterocycles. The van der Waals surface area contributed by atoms with E-state index in [4.69, 9.17) is 5.73 Å². The minimum absolute atomic E-state index is 0.186. The molecule has 0 aliphatic carbocycles. The second-order valence-electron chi connectivity index (χ2n) is 6.09. The number of benzene rings is 2. The number of nitrogens with zero attached hydrogens (tertiary/aromatic N) is 2. The number of aromatic nitrogens is 2. The van der Waals surface area contributed by atoms with Gasteiger partial charge in [-0.25, -0.2) is 4.98 Å². The monoisotopic (exact) mass is 374 g/mol. The number of hydrogen-bond acceptors (Lipinski definition) is 6. The molecule has 0 saturated heterocycles. The third-order valence-electron chi connectivity index (χ3n) is 3.95. The Morgan fingerprint density at radius 2 is 1.86 bits per heavy atom. The molecule has 2 aromatic carbocycles. The van der Waals surface area contributed by atoms with E-state index in [9.17, 15) is 4.79 Å². The first kappa shape index (κ1) is 19.1. The van der Waals surface area contributed by atoms with Gasteiger partial charge in [0, 0.05) is 36.2 Å². The Morgan fingerprint density at radius 1 is 1.07 bits per heavy atom. The maximum absolute atomic E-state index is 11.5. The topological polar surface area (TPSA) is 105 Å². The molecule has 0 atom stereocenters. The van der Waals surface area contributed by atoms with Gasteiger partial charge in [0.05, 0.1) is 0 Å². The fourth-order valence-corrected chi connectivity index (χ4v) is 2.60. The third-order valence-corrected chi connectivity index (χ3v) is 3.95. The van der Waals surface area contributed by atoms with Crippen LogP contribution >= 0.6 is 0 Å². The quantitative estimate of drug-likeness (QED) is 0.451. The third kappa shape index (κ3) is 5.39. The van der Waals surface area contributed by atoms with Crippen LogP contribution in [0.25, 0.3) is 0 Å². The minimum atomic E-state index is -0.269. The molecule has 0 radical (unpaired) electrons. The lowest BCUT2D eigenvalue weighted by molar-refractivity contribution is -0.111. The van der Waals surface area contributed by atoms with Crippen LogP contribution < -0.4 is 21.7 Å². The van der Waals surface area contributed by atoms with Crippen LogP contribution in [0.1, 0.15) is 11.1 Å². The molecular weight excluding hydrogens is 352 g/mol. The highest BCUT2D eigenvalue weighted by atomic mass is 16.1. The van der Waals surface area contributed by atoms with E-state index in [0.29, 0.717) is 18.1 Å². The van der Waals surface area contributed by atoms with Crippen molar-refractivity contribution < 1.29 is 4.79 Å². The Labute approximate surface area is 163 Å². The van der Waals surface area contributed by atoms with Gasteiger partial charge in [0.2, 0.25) is 11.9 Å². The zero-order valence-corrected chi connectivity index (χ0v) is 15.4. The Kier molecular flexibility index (Phi) is 6.33. The van der Waals surface area contributed by atoms with Crippen molar-refractivity contribution in [3.05, 3.63) is 84.6 Å². The molecule has 0 aliphatic rings. The van der Waals surface area contributed by atoms with Crippen molar-refractivity contribution in [2.45, 2.75) is 13.1 Å². The summed E-state index contributed by atoms with van der Waals surface area (Å²) in [4.78, 5) is 19.9. The molecule has 1 aromatic heterocycles. The smallest absolute Gasteiger partial charge is 0.247 e. The highest BCUT2D eigenvalue weighted by Crippen LogP contribution is 2.22. The van der Waals surface area contributed by atoms with Gasteiger partial charge in [-0.15, -0.1) is 0 Å². The summed E-state index contributed by atoms with van der Waals surface area (Å²) in [6.07, 6.45) is 2.92. The highest BCUT2D eigenvalue weighted by molar-refractivity contribution is 5.99. The summed E-state index contributed by atoms with van der Waals surface area (Å²) >= 11 is 0. The first-order valence-corrected chi connectivity index (χ1v) is 8.80. The van der Waals surface area contributed by atoms with Crippen molar-refractivity contribution in [3.8, 4) is 0 Å². The first-order valence-electron chi connectivity index (χ1n) is 8.80. The molecule has 5 N–H and O–H groups in total. The summed E-state index contributed by atoms with van der Waals surface area (Å²) in [5.41, 5.74) is 9.26. The van der Waals surface area contributed by atoms with Crippen LogP contribution in [0.4, 0.5) is 23.1 Å². The van der Waals surface area contributed by atoms with Crippen LogP contribution in [0.2, 0.25) is 0 Å². The van der Waals surface area contributed by atoms with Crippen molar-refractivity contribution in [1.82, 2.24) is 15.3 Å². The fourth-order valence-electron chi connectivity index (χ4n) is 2.60. The second-order valence-corrected chi connectivity index (χ2v) is 6.09. The summed E-state index contributed by atoms with van der Waals surface area (Å²) in [6.45, 7) is 4.76. The molecule has 28 heavy (non-hydrogen) atoms. The van der Waals surface area contributed by atoms with Gasteiger partial charge in [-0.05, 0) is 29.8 Å². The molecule has 0 aliphatic heterocycles. The molecule has 7 heteroatoms. The predicted octanol–water partition coefficient (Wildman–Crippen LogP) is 3.22. The maximum atomic E-state index is 11.5. The zero-order valence-electron chi connectivity index (χ0n) is 15.4. The molecule has 0 fully saturated rings. The van der Waals surface area contributed by atoms with Gasteiger partial charge < -0.3 is 21.7 Å². The van der Waals surface area contributed by atoms with Gasteiger partial charge >= 0.3 is 0 Å². The number of hydrogen-bond donors (Lipinski definition) is 4. The van der Waals surface area contributed by atoms with Crippen LogP contribution in [0.15, 0.2) is 73.4 Å². The van der Waals surface area contributed by atoms with Crippen molar-refractivity contribution in [2.75, 3.05) is 16.4 Å². The number of nitrogen functional groups attached to an aromatic ring is 1. The lowest BCUT2D eigenvalue weighted by atomic mass is 10.2. The van der Waals surface area contributed by atoms with E-state index in [1.807, 2.05) is 30.3 Å². The Bertz CT molecular complexity index is 958. The van der Waals surface area contributed by atoms with E-state index < -0.39 is 0 Å². The standard InChI is InChI=1S/C21H22N6O/c1-2-19(28)25-17-9-6-10-18(11-17)26-20-16(14-24-21(22)27-20)13-23-12-15-7-4-3-5-8-15/h2-11,14,23H,1,12-13H2,(H,25,28)(H3,22,24,26,27). The van der Waals surface area contributed by atoms with Crippen molar-refractivity contribution in [3.63, 3.8) is 0 Å². The predicted molar refractivity (Wildman–Crippen MR) is 112 cm³/mol. The van der Waals surface area contributed by atoms with Crippen LogP contribution in [0.3, 0.4) is 0 Å². The van der Waals surface area contributed by atoms with Crippen molar-refractivity contribution >= 4 is 29.0 Å². The van der Waals surface area contributed by atoms with Crippen LogP contribution in [0, 0.1) is 0 Å². The summed E-state index contributed by atoms with van der Waals surface area (Å²) in [5, 5.41) is 9.35. The fraction of sp³-hybridized carbons (Fsp3) is 0.0952. The largest absolute Gasteiger partial charge is 0.368 e. The molecule has 0 unspecified atom stereocenters. The molecule has 3 aromatic rings. The van der Waals surface area contributed by atoms with E-state index in [0.717, 1.165) is 17.8 Å². The van der Waals surface area contributed by atoms with Gasteiger partial charge in [0.25, 0.3) is 0 Å². The van der Waals surface area contributed by atoms with E-state index in [2.05, 4.69) is 44.6 Å². The number of nitrogens with one attached hydrogen (secondary N) is 3. The van der Waals surface area contributed by atoms with Crippen molar-refractivity contribution in [2.24, 2.45) is 0 Å². The lowest BCUT2D eigenvalue weighted by Crippen LogP contribution is -2.15. The van der Waals surface area contributed by atoms with Crippen molar-refractivity contribution in [1.29, 1.82) is 0 Å². The van der Waals surface area contributed by atoms with Gasteiger partial charge in [0.15, 0.2) is 0 Å². The summed E-state index contributed by atoms with van der Waals surface area (Å²) < 4.78 is 0.